The van der Waals surface area contributed by atoms with Gasteiger partial charge in [0.1, 0.15) is 5.54 Å². The Morgan fingerprint density at radius 1 is 1.31 bits per heavy atom. The van der Waals surface area contributed by atoms with Crippen LogP contribution in [0.25, 0.3) is 0 Å². The third-order valence-corrected chi connectivity index (χ3v) is 1.88. The molecule has 0 spiro atoms. The summed E-state index contributed by atoms with van der Waals surface area (Å²) in [6, 6.07) is 9.74. The molecule has 0 amide bonds. The Kier molecular flexibility index (Phi) is 3.93. The average Bonchev–Trinajstić information content (AvgIpc) is 2.05. The molecule has 0 bridgehead atoms. The molecule has 0 aliphatic carbocycles. The van der Waals surface area contributed by atoms with Gasteiger partial charge in [-0.2, -0.15) is 5.26 Å². The molecule has 0 heterocycles. The number of nitrogens with zero attached hydrogens (tertiary/aromatic N) is 1. The van der Waals surface area contributed by atoms with Crippen molar-refractivity contribution in [1.82, 2.24) is 0 Å². The molecule has 0 aromatic heterocycles. The predicted molar refractivity (Wildman–Crippen MR) is 55.6 cm³/mol. The first-order chi connectivity index (χ1) is 5.56. The number of halogens is 1. The SMILES string of the molecule is Cc1ccc(C(C)(N)C#N)cc1.Cl. The van der Waals surface area contributed by atoms with Gasteiger partial charge in [-0.25, -0.2) is 0 Å². The third kappa shape index (κ3) is 2.73. The molecular formula is C10H13ClN2. The first-order valence-corrected chi connectivity index (χ1v) is 3.83. The van der Waals surface area contributed by atoms with E-state index in [1.165, 1.54) is 5.56 Å². The Balaban J connectivity index is 0.00000144. The number of benzene rings is 1. The summed E-state index contributed by atoms with van der Waals surface area (Å²) in [4.78, 5) is 0. The van der Waals surface area contributed by atoms with Crippen LogP contribution >= 0.6 is 12.4 Å². The molecule has 0 aliphatic rings. The highest BCUT2D eigenvalue weighted by molar-refractivity contribution is 5.85. The molecular weight excluding hydrogens is 184 g/mol. The fraction of sp³-hybridized carbons (Fsp3) is 0.300. The van der Waals surface area contributed by atoms with Gasteiger partial charge in [-0.3, -0.25) is 0 Å². The molecule has 1 aromatic carbocycles. The summed E-state index contributed by atoms with van der Waals surface area (Å²) in [5.74, 6) is 0. The van der Waals surface area contributed by atoms with E-state index in [1.807, 2.05) is 31.2 Å². The Labute approximate surface area is 84.8 Å². The average molecular weight is 197 g/mol. The van der Waals surface area contributed by atoms with Crippen molar-refractivity contribution in [3.8, 4) is 6.07 Å². The molecule has 0 aliphatic heterocycles. The Bertz CT molecular complexity index is 309. The van der Waals surface area contributed by atoms with Crippen LogP contribution in [0, 0.1) is 18.3 Å². The molecule has 1 unspecified atom stereocenters. The van der Waals surface area contributed by atoms with E-state index in [0.29, 0.717) is 0 Å². The molecule has 3 heteroatoms. The lowest BCUT2D eigenvalue weighted by atomic mass is 9.94. The predicted octanol–water partition coefficient (Wildman–Crippen LogP) is 2.11. The van der Waals surface area contributed by atoms with Gasteiger partial charge >= 0.3 is 0 Å². The lowest BCUT2D eigenvalue weighted by Gasteiger charge is -2.15. The second-order valence-corrected chi connectivity index (χ2v) is 3.18. The maximum Gasteiger partial charge on any atom is 0.126 e. The smallest absolute Gasteiger partial charge is 0.126 e. The van der Waals surface area contributed by atoms with Gasteiger partial charge in [0, 0.05) is 0 Å². The molecule has 2 N–H and O–H groups in total. The van der Waals surface area contributed by atoms with E-state index in [2.05, 4.69) is 6.07 Å². The van der Waals surface area contributed by atoms with Crippen LogP contribution in [-0.4, -0.2) is 0 Å². The first kappa shape index (κ1) is 12.0. The van der Waals surface area contributed by atoms with Crippen molar-refractivity contribution in [3.63, 3.8) is 0 Å². The zero-order chi connectivity index (χ0) is 9.19. The van der Waals surface area contributed by atoms with Gasteiger partial charge in [-0.15, -0.1) is 12.4 Å². The topological polar surface area (TPSA) is 49.8 Å². The van der Waals surface area contributed by atoms with Crippen molar-refractivity contribution in [2.24, 2.45) is 5.73 Å². The summed E-state index contributed by atoms with van der Waals surface area (Å²) in [6.07, 6.45) is 0. The Morgan fingerprint density at radius 2 is 1.77 bits per heavy atom. The van der Waals surface area contributed by atoms with Gasteiger partial charge in [0.2, 0.25) is 0 Å². The largest absolute Gasteiger partial charge is 0.310 e. The summed E-state index contributed by atoms with van der Waals surface area (Å²) in [5.41, 5.74) is 6.89. The summed E-state index contributed by atoms with van der Waals surface area (Å²) in [6.45, 7) is 3.71. The van der Waals surface area contributed by atoms with Crippen LogP contribution in [0.5, 0.6) is 0 Å². The third-order valence-electron chi connectivity index (χ3n) is 1.88. The van der Waals surface area contributed by atoms with Crippen molar-refractivity contribution in [2.45, 2.75) is 19.4 Å². The van der Waals surface area contributed by atoms with E-state index in [-0.39, 0.29) is 12.4 Å². The number of rotatable bonds is 1. The molecule has 0 saturated heterocycles. The summed E-state index contributed by atoms with van der Waals surface area (Å²) in [5, 5.41) is 8.74. The normalized spacial score (nSPS) is 13.7. The van der Waals surface area contributed by atoms with Crippen LogP contribution in [0.1, 0.15) is 18.1 Å². The highest BCUT2D eigenvalue weighted by atomic mass is 35.5. The molecule has 1 aromatic rings. The fourth-order valence-electron chi connectivity index (χ4n) is 0.964. The first-order valence-electron chi connectivity index (χ1n) is 3.83. The van der Waals surface area contributed by atoms with Gasteiger partial charge < -0.3 is 5.73 Å². The highest BCUT2D eigenvalue weighted by Crippen LogP contribution is 2.16. The maximum atomic E-state index is 8.74. The van der Waals surface area contributed by atoms with Gasteiger partial charge in [0.15, 0.2) is 0 Å². The van der Waals surface area contributed by atoms with Gasteiger partial charge in [-0.05, 0) is 19.4 Å². The molecule has 0 radical (unpaired) electrons. The van der Waals surface area contributed by atoms with E-state index >= 15 is 0 Å². The van der Waals surface area contributed by atoms with Gasteiger partial charge in [-0.1, -0.05) is 29.8 Å². The van der Waals surface area contributed by atoms with E-state index in [4.69, 9.17) is 11.0 Å². The molecule has 1 rings (SSSR count). The van der Waals surface area contributed by atoms with Crippen molar-refractivity contribution in [1.29, 1.82) is 5.26 Å². The molecule has 2 nitrogen and oxygen atoms in total. The van der Waals surface area contributed by atoms with Crippen LogP contribution in [0.15, 0.2) is 24.3 Å². The Morgan fingerprint density at radius 3 is 2.15 bits per heavy atom. The van der Waals surface area contributed by atoms with Crippen LogP contribution < -0.4 is 5.73 Å². The maximum absolute atomic E-state index is 8.74. The lowest BCUT2D eigenvalue weighted by Crippen LogP contribution is -2.30. The zero-order valence-electron chi connectivity index (χ0n) is 7.74. The standard InChI is InChI=1S/C10H12N2.ClH/c1-8-3-5-9(6-4-8)10(2,12)7-11;/h3-6H,12H2,1-2H3;1H. The number of hydrogen-bond donors (Lipinski definition) is 1. The van der Waals surface area contributed by atoms with Crippen molar-refractivity contribution in [3.05, 3.63) is 35.4 Å². The lowest BCUT2D eigenvalue weighted by molar-refractivity contribution is 0.646. The molecule has 0 saturated carbocycles. The minimum atomic E-state index is -0.867. The number of hydrogen-bond acceptors (Lipinski definition) is 2. The Hall–Kier alpha value is -1.04. The fourth-order valence-corrected chi connectivity index (χ4v) is 0.964. The van der Waals surface area contributed by atoms with Crippen LogP contribution in [-0.2, 0) is 5.54 Å². The molecule has 70 valence electrons. The zero-order valence-corrected chi connectivity index (χ0v) is 8.56. The molecule has 13 heavy (non-hydrogen) atoms. The number of aryl methyl sites for hydroxylation is 1. The molecule has 1 atom stereocenters. The van der Waals surface area contributed by atoms with E-state index in [0.717, 1.165) is 5.56 Å². The number of nitriles is 1. The summed E-state index contributed by atoms with van der Waals surface area (Å²) in [7, 11) is 0. The van der Waals surface area contributed by atoms with E-state index in [1.54, 1.807) is 6.92 Å². The summed E-state index contributed by atoms with van der Waals surface area (Å²) >= 11 is 0. The second-order valence-electron chi connectivity index (χ2n) is 3.18. The summed E-state index contributed by atoms with van der Waals surface area (Å²) < 4.78 is 0. The van der Waals surface area contributed by atoms with Crippen molar-refractivity contribution in [2.75, 3.05) is 0 Å². The minimum absolute atomic E-state index is 0. The van der Waals surface area contributed by atoms with Crippen molar-refractivity contribution >= 4 is 12.4 Å². The molecule has 0 fully saturated rings. The van der Waals surface area contributed by atoms with E-state index < -0.39 is 5.54 Å². The van der Waals surface area contributed by atoms with Crippen molar-refractivity contribution < 1.29 is 0 Å². The minimum Gasteiger partial charge on any atom is -0.310 e. The van der Waals surface area contributed by atoms with Crippen LogP contribution in [0.3, 0.4) is 0 Å². The van der Waals surface area contributed by atoms with Gasteiger partial charge in [0.25, 0.3) is 0 Å². The van der Waals surface area contributed by atoms with Crippen LogP contribution in [0.2, 0.25) is 0 Å². The highest BCUT2D eigenvalue weighted by Gasteiger charge is 2.19. The second kappa shape index (κ2) is 4.27. The quantitative estimate of drug-likeness (QED) is 0.748. The monoisotopic (exact) mass is 196 g/mol. The van der Waals surface area contributed by atoms with E-state index in [9.17, 15) is 0 Å². The van der Waals surface area contributed by atoms with Crippen LogP contribution in [0.4, 0.5) is 0 Å². The number of nitrogens with two attached hydrogens (primary N) is 1. The van der Waals surface area contributed by atoms with Gasteiger partial charge in [0.05, 0.1) is 6.07 Å².